The van der Waals surface area contributed by atoms with E-state index in [0.29, 0.717) is 13.1 Å². The van der Waals surface area contributed by atoms with E-state index < -0.39 is 6.10 Å². The summed E-state index contributed by atoms with van der Waals surface area (Å²) in [7, 11) is 0. The van der Waals surface area contributed by atoms with Gasteiger partial charge in [-0.2, -0.15) is 0 Å². The second-order valence-electron chi connectivity index (χ2n) is 5.38. The Bertz CT molecular complexity index is 596. The van der Waals surface area contributed by atoms with Gasteiger partial charge < -0.3 is 15.7 Å². The summed E-state index contributed by atoms with van der Waals surface area (Å²) in [6, 6.07) is 17.0. The molecule has 4 heteroatoms. The molecule has 0 bridgehead atoms. The molecule has 1 amide bonds. The third kappa shape index (κ3) is 4.60. The number of carbonyl (C=O) groups excluding carboxylic acids is 1. The molecule has 22 heavy (non-hydrogen) atoms. The highest BCUT2D eigenvalue weighted by Crippen LogP contribution is 2.14. The quantitative estimate of drug-likeness (QED) is 0.805. The van der Waals surface area contributed by atoms with Gasteiger partial charge in [0.15, 0.2) is 0 Å². The molecule has 0 radical (unpaired) electrons. The molecule has 0 unspecified atom stereocenters. The van der Waals surface area contributed by atoms with Gasteiger partial charge in [-0.25, -0.2) is 0 Å². The molecule has 2 aromatic rings. The fourth-order valence-electron chi connectivity index (χ4n) is 2.32. The number of aliphatic hydroxyl groups is 1. The molecular formula is C18H22N2O2. The topological polar surface area (TPSA) is 66.6 Å². The number of anilines is 1. The standard InChI is InChI=1S/C18H22N2O2/c1-14(21)20(12-11-15-7-9-17(19)10-8-15)13-18(22)16-5-3-2-4-6-16/h2-10,18,22H,11-13,19H2,1H3/t18-/m0/s1. The lowest BCUT2D eigenvalue weighted by atomic mass is 10.1. The van der Waals surface area contributed by atoms with Crippen LogP contribution in [0.2, 0.25) is 0 Å². The highest BCUT2D eigenvalue weighted by molar-refractivity contribution is 5.73. The molecule has 0 spiro atoms. The minimum atomic E-state index is -0.670. The molecule has 0 aliphatic heterocycles. The lowest BCUT2D eigenvalue weighted by Crippen LogP contribution is -2.34. The van der Waals surface area contributed by atoms with Gasteiger partial charge in [0.2, 0.25) is 5.91 Å². The van der Waals surface area contributed by atoms with Crippen LogP contribution < -0.4 is 5.73 Å². The molecule has 0 heterocycles. The third-order valence-corrected chi connectivity index (χ3v) is 3.67. The first kappa shape index (κ1) is 16.0. The monoisotopic (exact) mass is 298 g/mol. The van der Waals surface area contributed by atoms with Crippen LogP contribution in [0.3, 0.4) is 0 Å². The van der Waals surface area contributed by atoms with Crippen LogP contribution in [-0.2, 0) is 11.2 Å². The average Bonchev–Trinajstić information content (AvgIpc) is 2.53. The normalized spacial score (nSPS) is 11.9. The molecule has 2 rings (SSSR count). The summed E-state index contributed by atoms with van der Waals surface area (Å²) >= 11 is 0. The smallest absolute Gasteiger partial charge is 0.219 e. The second kappa shape index (κ2) is 7.61. The Labute approximate surface area is 131 Å². The summed E-state index contributed by atoms with van der Waals surface area (Å²) in [5.74, 6) is -0.0366. The Morgan fingerprint density at radius 2 is 1.77 bits per heavy atom. The molecule has 0 aliphatic rings. The van der Waals surface area contributed by atoms with Gasteiger partial charge in [-0.1, -0.05) is 42.5 Å². The van der Waals surface area contributed by atoms with Gasteiger partial charge in [-0.05, 0) is 29.7 Å². The zero-order valence-corrected chi connectivity index (χ0v) is 12.8. The summed E-state index contributed by atoms with van der Waals surface area (Å²) in [6.45, 7) is 2.40. The number of hydrogen-bond acceptors (Lipinski definition) is 3. The van der Waals surface area contributed by atoms with E-state index in [4.69, 9.17) is 5.73 Å². The maximum absolute atomic E-state index is 11.8. The van der Waals surface area contributed by atoms with E-state index in [1.165, 1.54) is 6.92 Å². The highest BCUT2D eigenvalue weighted by atomic mass is 16.3. The van der Waals surface area contributed by atoms with Gasteiger partial charge in [0.05, 0.1) is 12.6 Å². The molecule has 3 N–H and O–H groups in total. The van der Waals surface area contributed by atoms with Crippen LogP contribution in [0.4, 0.5) is 5.69 Å². The van der Waals surface area contributed by atoms with E-state index in [1.54, 1.807) is 4.90 Å². The number of benzene rings is 2. The van der Waals surface area contributed by atoms with Crippen molar-refractivity contribution >= 4 is 11.6 Å². The molecule has 0 aromatic heterocycles. The largest absolute Gasteiger partial charge is 0.399 e. The fourth-order valence-corrected chi connectivity index (χ4v) is 2.32. The molecular weight excluding hydrogens is 276 g/mol. The second-order valence-corrected chi connectivity index (χ2v) is 5.38. The van der Waals surface area contributed by atoms with Crippen LogP contribution in [0.5, 0.6) is 0 Å². The minimum Gasteiger partial charge on any atom is -0.399 e. The molecule has 0 saturated carbocycles. The van der Waals surface area contributed by atoms with Crippen molar-refractivity contribution in [2.45, 2.75) is 19.4 Å². The van der Waals surface area contributed by atoms with Gasteiger partial charge in [0, 0.05) is 19.2 Å². The Balaban J connectivity index is 1.95. The SMILES string of the molecule is CC(=O)N(CCc1ccc(N)cc1)C[C@H](O)c1ccccc1. The van der Waals surface area contributed by atoms with Crippen molar-refractivity contribution in [2.75, 3.05) is 18.8 Å². The van der Waals surface area contributed by atoms with Crippen LogP contribution in [0.1, 0.15) is 24.2 Å². The Kier molecular flexibility index (Phi) is 5.55. The minimum absolute atomic E-state index is 0.0366. The average molecular weight is 298 g/mol. The maximum atomic E-state index is 11.8. The van der Waals surface area contributed by atoms with Gasteiger partial charge in [-0.3, -0.25) is 4.79 Å². The first-order chi connectivity index (χ1) is 10.6. The molecule has 2 aromatic carbocycles. The van der Waals surface area contributed by atoms with Crippen LogP contribution in [0, 0.1) is 0 Å². The first-order valence-corrected chi connectivity index (χ1v) is 7.39. The zero-order valence-electron chi connectivity index (χ0n) is 12.8. The fraction of sp³-hybridized carbons (Fsp3) is 0.278. The molecule has 0 aliphatic carbocycles. The Hall–Kier alpha value is -2.33. The number of hydrogen-bond donors (Lipinski definition) is 2. The van der Waals surface area contributed by atoms with Crippen LogP contribution in [0.25, 0.3) is 0 Å². The Morgan fingerprint density at radius 3 is 2.36 bits per heavy atom. The van der Waals surface area contributed by atoms with Crippen molar-refractivity contribution in [3.63, 3.8) is 0 Å². The molecule has 4 nitrogen and oxygen atoms in total. The molecule has 0 fully saturated rings. The summed E-state index contributed by atoms with van der Waals surface area (Å²) in [4.78, 5) is 13.5. The summed E-state index contributed by atoms with van der Waals surface area (Å²) < 4.78 is 0. The molecule has 0 saturated heterocycles. The summed E-state index contributed by atoms with van der Waals surface area (Å²) in [6.07, 6.45) is 0.0676. The molecule has 116 valence electrons. The highest BCUT2D eigenvalue weighted by Gasteiger charge is 2.15. The zero-order chi connectivity index (χ0) is 15.9. The number of nitrogen functional groups attached to an aromatic ring is 1. The van der Waals surface area contributed by atoms with Crippen molar-refractivity contribution in [3.8, 4) is 0 Å². The van der Waals surface area contributed by atoms with Gasteiger partial charge in [0.1, 0.15) is 0 Å². The van der Waals surface area contributed by atoms with Gasteiger partial charge >= 0.3 is 0 Å². The summed E-state index contributed by atoms with van der Waals surface area (Å²) in [5.41, 5.74) is 8.33. The van der Waals surface area contributed by atoms with E-state index in [9.17, 15) is 9.90 Å². The van der Waals surface area contributed by atoms with Crippen molar-refractivity contribution in [1.82, 2.24) is 4.90 Å². The maximum Gasteiger partial charge on any atom is 0.219 e. The van der Waals surface area contributed by atoms with E-state index in [-0.39, 0.29) is 5.91 Å². The third-order valence-electron chi connectivity index (χ3n) is 3.67. The van der Waals surface area contributed by atoms with E-state index in [2.05, 4.69) is 0 Å². The lowest BCUT2D eigenvalue weighted by Gasteiger charge is -2.24. The number of nitrogens with two attached hydrogens (primary N) is 1. The predicted octanol–water partition coefficient (Wildman–Crippen LogP) is 2.39. The lowest BCUT2D eigenvalue weighted by molar-refractivity contribution is -0.130. The van der Waals surface area contributed by atoms with Crippen molar-refractivity contribution in [1.29, 1.82) is 0 Å². The number of amides is 1. The van der Waals surface area contributed by atoms with Crippen molar-refractivity contribution < 1.29 is 9.90 Å². The van der Waals surface area contributed by atoms with Crippen LogP contribution in [0.15, 0.2) is 54.6 Å². The predicted molar refractivity (Wildman–Crippen MR) is 88.2 cm³/mol. The van der Waals surface area contributed by atoms with Crippen LogP contribution >= 0.6 is 0 Å². The number of nitrogens with zero attached hydrogens (tertiary/aromatic N) is 1. The van der Waals surface area contributed by atoms with Crippen molar-refractivity contribution in [2.24, 2.45) is 0 Å². The van der Waals surface area contributed by atoms with Crippen molar-refractivity contribution in [3.05, 3.63) is 65.7 Å². The summed E-state index contributed by atoms with van der Waals surface area (Å²) in [5, 5.41) is 10.3. The number of carbonyl (C=O) groups is 1. The number of aliphatic hydroxyl groups excluding tert-OH is 1. The van der Waals surface area contributed by atoms with E-state index in [0.717, 1.165) is 23.2 Å². The van der Waals surface area contributed by atoms with E-state index in [1.807, 2.05) is 54.6 Å². The Morgan fingerprint density at radius 1 is 1.14 bits per heavy atom. The van der Waals surface area contributed by atoms with E-state index >= 15 is 0 Å². The number of rotatable bonds is 6. The first-order valence-electron chi connectivity index (χ1n) is 7.39. The van der Waals surface area contributed by atoms with Gasteiger partial charge in [-0.15, -0.1) is 0 Å². The van der Waals surface area contributed by atoms with Gasteiger partial charge in [0.25, 0.3) is 0 Å². The van der Waals surface area contributed by atoms with Crippen LogP contribution in [-0.4, -0.2) is 29.0 Å². The molecule has 1 atom stereocenters.